The van der Waals surface area contributed by atoms with Gasteiger partial charge in [-0.05, 0) is 54.4 Å². The van der Waals surface area contributed by atoms with Crippen molar-refractivity contribution in [2.24, 2.45) is 5.41 Å². The van der Waals surface area contributed by atoms with Crippen LogP contribution in [-0.4, -0.2) is 20.3 Å². The van der Waals surface area contributed by atoms with Crippen molar-refractivity contribution in [1.29, 1.82) is 0 Å². The first-order valence-electron chi connectivity index (χ1n) is 7.44. The van der Waals surface area contributed by atoms with Crippen LogP contribution in [0.2, 0.25) is 0 Å². The number of benzene rings is 1. The number of hydrogen-bond donors (Lipinski definition) is 1. The fraction of sp³-hybridized carbons (Fsp3) is 0.625. The molecule has 2 rings (SSSR count). The number of fused-ring (bicyclic) bond motifs is 1. The zero-order valence-corrected chi connectivity index (χ0v) is 14.5. The summed E-state index contributed by atoms with van der Waals surface area (Å²) in [6, 6.07) is 5.32. The van der Waals surface area contributed by atoms with Crippen LogP contribution in [-0.2, 0) is 22.9 Å². The summed E-state index contributed by atoms with van der Waals surface area (Å²) in [7, 11) is -3.50. The number of alkyl halides is 1. The molecule has 1 aliphatic carbocycles. The molecular formula is C16H24ClNO2S. The minimum atomic E-state index is -3.50. The van der Waals surface area contributed by atoms with Crippen molar-refractivity contribution in [3.63, 3.8) is 0 Å². The highest BCUT2D eigenvalue weighted by Gasteiger charge is 2.29. The molecule has 0 saturated heterocycles. The van der Waals surface area contributed by atoms with Gasteiger partial charge in [-0.3, -0.25) is 0 Å². The average Bonchev–Trinajstić information content (AvgIpc) is 2.84. The second kappa shape index (κ2) is 6.27. The minimum Gasteiger partial charge on any atom is -0.208 e. The molecule has 1 atom stereocenters. The van der Waals surface area contributed by atoms with Crippen molar-refractivity contribution in [3.8, 4) is 0 Å². The fourth-order valence-electron chi connectivity index (χ4n) is 2.75. The van der Waals surface area contributed by atoms with Crippen LogP contribution in [0.1, 0.15) is 44.7 Å². The third kappa shape index (κ3) is 3.99. The van der Waals surface area contributed by atoms with E-state index in [0.29, 0.717) is 17.2 Å². The molecule has 1 aromatic rings. The predicted octanol–water partition coefficient (Wildman–Crippen LogP) is 3.50. The number of hydrogen-bond acceptors (Lipinski definition) is 2. The van der Waals surface area contributed by atoms with Crippen molar-refractivity contribution in [2.45, 2.75) is 57.4 Å². The van der Waals surface area contributed by atoms with Gasteiger partial charge in [0.05, 0.1) is 4.90 Å². The van der Waals surface area contributed by atoms with Gasteiger partial charge in [-0.25, -0.2) is 13.1 Å². The van der Waals surface area contributed by atoms with Crippen molar-refractivity contribution in [3.05, 3.63) is 29.3 Å². The number of aryl methyl sites for hydroxylation is 2. The summed E-state index contributed by atoms with van der Waals surface area (Å²) in [4.78, 5) is 0.368. The van der Waals surface area contributed by atoms with Gasteiger partial charge in [0, 0.05) is 11.9 Å². The number of halogens is 1. The van der Waals surface area contributed by atoms with Crippen LogP contribution in [0.4, 0.5) is 0 Å². The van der Waals surface area contributed by atoms with E-state index in [1.165, 1.54) is 11.1 Å². The summed E-state index contributed by atoms with van der Waals surface area (Å²) in [6.07, 6.45) is 3.77. The van der Waals surface area contributed by atoms with Gasteiger partial charge in [0.25, 0.3) is 0 Å². The van der Waals surface area contributed by atoms with Gasteiger partial charge >= 0.3 is 0 Å². The Kier molecular flexibility index (Phi) is 5.01. The Bertz CT molecular complexity index is 605. The quantitative estimate of drug-likeness (QED) is 0.840. The van der Waals surface area contributed by atoms with E-state index in [4.69, 9.17) is 11.6 Å². The SMILES string of the molecule is CC(C)(C)C(CCCl)NS(=O)(=O)c1ccc2c(c1)CCC2. The maximum Gasteiger partial charge on any atom is 0.240 e. The maximum absolute atomic E-state index is 12.6. The highest BCUT2D eigenvalue weighted by Crippen LogP contribution is 2.27. The second-order valence-electron chi connectivity index (χ2n) is 6.80. The first-order chi connectivity index (χ1) is 9.74. The van der Waals surface area contributed by atoms with E-state index in [1.807, 2.05) is 32.9 Å². The molecule has 0 radical (unpaired) electrons. The van der Waals surface area contributed by atoms with Crippen molar-refractivity contribution >= 4 is 21.6 Å². The van der Waals surface area contributed by atoms with Crippen molar-refractivity contribution < 1.29 is 8.42 Å². The Balaban J connectivity index is 2.25. The summed E-state index contributed by atoms with van der Waals surface area (Å²) in [5.41, 5.74) is 2.28. The molecule has 0 aromatic heterocycles. The van der Waals surface area contributed by atoms with E-state index < -0.39 is 10.0 Å². The summed E-state index contributed by atoms with van der Waals surface area (Å²) in [5, 5.41) is 0. The molecule has 5 heteroatoms. The molecule has 0 heterocycles. The van der Waals surface area contributed by atoms with E-state index in [0.717, 1.165) is 19.3 Å². The van der Waals surface area contributed by atoms with Gasteiger partial charge < -0.3 is 0 Å². The van der Waals surface area contributed by atoms with Crippen molar-refractivity contribution in [1.82, 2.24) is 4.72 Å². The summed E-state index contributed by atoms with van der Waals surface area (Å²) >= 11 is 5.82. The predicted molar refractivity (Wildman–Crippen MR) is 87.4 cm³/mol. The number of sulfonamides is 1. The Morgan fingerprint density at radius 3 is 2.52 bits per heavy atom. The first kappa shape index (κ1) is 16.8. The molecule has 118 valence electrons. The van der Waals surface area contributed by atoms with Crippen LogP contribution in [0.5, 0.6) is 0 Å². The molecule has 0 spiro atoms. The fourth-order valence-corrected chi connectivity index (χ4v) is 4.49. The molecule has 0 aliphatic heterocycles. The molecule has 1 aromatic carbocycles. The lowest BCUT2D eigenvalue weighted by Crippen LogP contribution is -2.43. The zero-order valence-electron chi connectivity index (χ0n) is 12.9. The van der Waals surface area contributed by atoms with E-state index in [9.17, 15) is 8.42 Å². The van der Waals surface area contributed by atoms with Crippen LogP contribution >= 0.6 is 11.6 Å². The third-order valence-corrected chi connectivity index (χ3v) is 5.81. The van der Waals surface area contributed by atoms with E-state index >= 15 is 0 Å². The smallest absolute Gasteiger partial charge is 0.208 e. The van der Waals surface area contributed by atoms with Crippen LogP contribution in [0, 0.1) is 5.41 Å². The highest BCUT2D eigenvalue weighted by molar-refractivity contribution is 7.89. The normalized spacial score (nSPS) is 16.8. The van der Waals surface area contributed by atoms with Crippen LogP contribution in [0.15, 0.2) is 23.1 Å². The minimum absolute atomic E-state index is 0.168. The third-order valence-electron chi connectivity index (χ3n) is 4.12. The monoisotopic (exact) mass is 329 g/mol. The molecule has 0 saturated carbocycles. The van der Waals surface area contributed by atoms with E-state index in [2.05, 4.69) is 4.72 Å². The largest absolute Gasteiger partial charge is 0.240 e. The molecule has 21 heavy (non-hydrogen) atoms. The topological polar surface area (TPSA) is 46.2 Å². The summed E-state index contributed by atoms with van der Waals surface area (Å²) in [6.45, 7) is 6.07. The van der Waals surface area contributed by atoms with Gasteiger partial charge in [-0.15, -0.1) is 11.6 Å². The van der Waals surface area contributed by atoms with E-state index in [1.54, 1.807) is 6.07 Å². The molecule has 0 bridgehead atoms. The lowest BCUT2D eigenvalue weighted by molar-refractivity contribution is 0.292. The molecule has 1 aliphatic rings. The maximum atomic E-state index is 12.6. The van der Waals surface area contributed by atoms with Gasteiger partial charge in [-0.2, -0.15) is 0 Å². The van der Waals surface area contributed by atoms with Gasteiger partial charge in [0.2, 0.25) is 10.0 Å². The Hall–Kier alpha value is -0.580. The van der Waals surface area contributed by atoms with Gasteiger partial charge in [-0.1, -0.05) is 26.8 Å². The number of rotatable bonds is 5. The molecule has 0 fully saturated rings. The van der Waals surface area contributed by atoms with Crippen LogP contribution < -0.4 is 4.72 Å². The van der Waals surface area contributed by atoms with Crippen molar-refractivity contribution in [2.75, 3.05) is 5.88 Å². The summed E-state index contributed by atoms with van der Waals surface area (Å²) in [5.74, 6) is 0.439. The van der Waals surface area contributed by atoms with E-state index in [-0.39, 0.29) is 11.5 Å². The molecule has 3 nitrogen and oxygen atoms in total. The van der Waals surface area contributed by atoms with Crippen LogP contribution in [0.25, 0.3) is 0 Å². The highest BCUT2D eigenvalue weighted by atomic mass is 35.5. The lowest BCUT2D eigenvalue weighted by Gasteiger charge is -2.30. The lowest BCUT2D eigenvalue weighted by atomic mass is 9.86. The molecule has 1 N–H and O–H groups in total. The summed E-state index contributed by atoms with van der Waals surface area (Å²) < 4.78 is 28.0. The first-order valence-corrected chi connectivity index (χ1v) is 9.46. The molecular weight excluding hydrogens is 306 g/mol. The second-order valence-corrected chi connectivity index (χ2v) is 8.89. The molecule has 0 amide bonds. The van der Waals surface area contributed by atoms with Gasteiger partial charge in [0.1, 0.15) is 0 Å². The van der Waals surface area contributed by atoms with Gasteiger partial charge in [0.15, 0.2) is 0 Å². The Morgan fingerprint density at radius 2 is 1.90 bits per heavy atom. The Morgan fingerprint density at radius 1 is 1.24 bits per heavy atom. The average molecular weight is 330 g/mol. The Labute approximate surface area is 133 Å². The standard InChI is InChI=1S/C16H24ClNO2S/c1-16(2,3)15(9-10-17)18-21(19,20)14-8-7-12-5-4-6-13(12)11-14/h7-8,11,15,18H,4-6,9-10H2,1-3H3. The van der Waals surface area contributed by atoms with Crippen LogP contribution in [0.3, 0.4) is 0 Å². The zero-order chi connectivity index (χ0) is 15.7. The molecule has 1 unspecified atom stereocenters. The number of nitrogens with one attached hydrogen (secondary N) is 1.